The van der Waals surface area contributed by atoms with Crippen LogP contribution < -0.4 is 4.74 Å². The standard InChI is InChI=1S/C20H20N4OS/c1-14(2)19-22-23-20(24(19)17-8-10-18(25-3)11-9-17)26-13-16-6-4-15(12-21)5-7-16/h4-11,14H,13H2,1-3H3. The molecule has 0 fully saturated rings. The second kappa shape index (κ2) is 8.07. The largest absolute Gasteiger partial charge is 0.497 e. The molecule has 0 saturated heterocycles. The molecule has 0 aliphatic rings. The van der Waals surface area contributed by atoms with E-state index in [2.05, 4.69) is 34.7 Å². The highest BCUT2D eigenvalue weighted by molar-refractivity contribution is 7.98. The van der Waals surface area contributed by atoms with Crippen LogP contribution >= 0.6 is 11.8 Å². The highest BCUT2D eigenvalue weighted by Gasteiger charge is 2.17. The molecule has 2 aromatic carbocycles. The van der Waals surface area contributed by atoms with Gasteiger partial charge < -0.3 is 4.74 Å². The minimum atomic E-state index is 0.258. The van der Waals surface area contributed by atoms with E-state index in [-0.39, 0.29) is 5.92 Å². The molecule has 0 aliphatic heterocycles. The molecule has 0 unspecified atom stereocenters. The zero-order valence-corrected chi connectivity index (χ0v) is 15.8. The second-order valence-electron chi connectivity index (χ2n) is 6.13. The summed E-state index contributed by atoms with van der Waals surface area (Å²) in [6.45, 7) is 4.22. The number of thioether (sulfide) groups is 1. The molecule has 0 spiro atoms. The van der Waals surface area contributed by atoms with Gasteiger partial charge in [0.05, 0.1) is 18.7 Å². The quantitative estimate of drug-likeness (QED) is 0.600. The van der Waals surface area contributed by atoms with E-state index >= 15 is 0 Å². The summed E-state index contributed by atoms with van der Waals surface area (Å²) in [5, 5.41) is 18.5. The molecule has 0 amide bonds. The molecule has 5 nitrogen and oxygen atoms in total. The molecule has 1 heterocycles. The summed E-state index contributed by atoms with van der Waals surface area (Å²) >= 11 is 1.63. The number of benzene rings is 2. The van der Waals surface area contributed by atoms with Crippen molar-refractivity contribution in [1.29, 1.82) is 5.26 Å². The third-order valence-corrected chi connectivity index (χ3v) is 4.96. The Labute approximate surface area is 157 Å². The third kappa shape index (κ3) is 3.89. The van der Waals surface area contributed by atoms with Crippen LogP contribution in [-0.2, 0) is 5.75 Å². The van der Waals surface area contributed by atoms with Crippen LogP contribution in [-0.4, -0.2) is 21.9 Å². The van der Waals surface area contributed by atoms with Gasteiger partial charge in [-0.25, -0.2) is 0 Å². The first-order valence-corrected chi connectivity index (χ1v) is 9.32. The zero-order chi connectivity index (χ0) is 18.5. The van der Waals surface area contributed by atoms with Crippen molar-refractivity contribution >= 4 is 11.8 Å². The maximum Gasteiger partial charge on any atom is 0.196 e. The Morgan fingerprint density at radius 2 is 1.77 bits per heavy atom. The Hall–Kier alpha value is -2.78. The number of nitriles is 1. The number of nitrogens with zero attached hydrogens (tertiary/aromatic N) is 4. The molecule has 0 atom stereocenters. The first-order valence-electron chi connectivity index (χ1n) is 8.34. The monoisotopic (exact) mass is 364 g/mol. The van der Waals surface area contributed by atoms with Crippen molar-refractivity contribution in [1.82, 2.24) is 14.8 Å². The lowest BCUT2D eigenvalue weighted by Gasteiger charge is -2.12. The number of aromatic nitrogens is 3. The molecule has 26 heavy (non-hydrogen) atoms. The van der Waals surface area contributed by atoms with E-state index in [4.69, 9.17) is 10.00 Å². The van der Waals surface area contributed by atoms with Crippen LogP contribution in [0.2, 0.25) is 0 Å². The normalized spacial score (nSPS) is 10.7. The van der Waals surface area contributed by atoms with Crippen LogP contribution in [0.1, 0.15) is 36.7 Å². The average molecular weight is 364 g/mol. The van der Waals surface area contributed by atoms with Crippen molar-refractivity contribution in [3.05, 3.63) is 65.5 Å². The van der Waals surface area contributed by atoms with Crippen molar-refractivity contribution in [3.63, 3.8) is 0 Å². The predicted octanol–water partition coefficient (Wildman–Crippen LogP) is 4.56. The fourth-order valence-electron chi connectivity index (χ4n) is 2.55. The summed E-state index contributed by atoms with van der Waals surface area (Å²) in [6, 6.07) is 17.7. The lowest BCUT2D eigenvalue weighted by Crippen LogP contribution is -2.04. The van der Waals surface area contributed by atoms with E-state index in [9.17, 15) is 0 Å². The lowest BCUT2D eigenvalue weighted by molar-refractivity contribution is 0.414. The van der Waals surface area contributed by atoms with Gasteiger partial charge in [0.2, 0.25) is 0 Å². The number of hydrogen-bond donors (Lipinski definition) is 0. The summed E-state index contributed by atoms with van der Waals surface area (Å²) in [5.41, 5.74) is 2.83. The fourth-order valence-corrected chi connectivity index (χ4v) is 3.46. The molecule has 1 aromatic heterocycles. The van der Waals surface area contributed by atoms with Crippen molar-refractivity contribution < 1.29 is 4.74 Å². The van der Waals surface area contributed by atoms with Crippen molar-refractivity contribution in [3.8, 4) is 17.5 Å². The molecule has 0 bridgehead atoms. The Kier molecular flexibility index (Phi) is 5.59. The number of hydrogen-bond acceptors (Lipinski definition) is 5. The van der Waals surface area contributed by atoms with Gasteiger partial charge in [0, 0.05) is 17.4 Å². The van der Waals surface area contributed by atoms with Gasteiger partial charge in [-0.05, 0) is 42.0 Å². The first-order chi connectivity index (χ1) is 12.6. The predicted molar refractivity (Wildman–Crippen MR) is 103 cm³/mol. The van der Waals surface area contributed by atoms with Crippen molar-refractivity contribution in [2.45, 2.75) is 30.7 Å². The molecule has 0 aliphatic carbocycles. The molecule has 0 N–H and O–H groups in total. The second-order valence-corrected chi connectivity index (χ2v) is 7.07. The highest BCUT2D eigenvalue weighted by atomic mass is 32.2. The van der Waals surface area contributed by atoms with E-state index in [0.717, 1.165) is 33.7 Å². The first kappa shape index (κ1) is 18.0. The van der Waals surface area contributed by atoms with E-state index < -0.39 is 0 Å². The smallest absolute Gasteiger partial charge is 0.196 e. The van der Waals surface area contributed by atoms with E-state index in [0.29, 0.717) is 5.56 Å². The summed E-state index contributed by atoms with van der Waals surface area (Å²) in [5.74, 6) is 2.77. The van der Waals surface area contributed by atoms with Crippen LogP contribution in [0.3, 0.4) is 0 Å². The average Bonchev–Trinajstić information content (AvgIpc) is 3.11. The molecule has 3 rings (SSSR count). The summed E-state index contributed by atoms with van der Waals surface area (Å²) in [6.07, 6.45) is 0. The van der Waals surface area contributed by atoms with Crippen LogP contribution in [0, 0.1) is 11.3 Å². The van der Waals surface area contributed by atoms with Gasteiger partial charge >= 0.3 is 0 Å². The zero-order valence-electron chi connectivity index (χ0n) is 15.0. The number of rotatable bonds is 6. The van der Waals surface area contributed by atoms with Gasteiger partial charge in [-0.2, -0.15) is 5.26 Å². The Bertz CT molecular complexity index is 908. The minimum Gasteiger partial charge on any atom is -0.497 e. The van der Waals surface area contributed by atoms with Crippen LogP contribution in [0.4, 0.5) is 0 Å². The van der Waals surface area contributed by atoms with Gasteiger partial charge in [0.25, 0.3) is 0 Å². The van der Waals surface area contributed by atoms with E-state index in [1.807, 2.05) is 48.5 Å². The van der Waals surface area contributed by atoms with Crippen LogP contribution in [0.15, 0.2) is 53.7 Å². The molecular weight excluding hydrogens is 344 g/mol. The number of methoxy groups -OCH3 is 1. The Morgan fingerprint density at radius 1 is 1.08 bits per heavy atom. The molecular formula is C20H20N4OS. The van der Waals surface area contributed by atoms with Crippen LogP contribution in [0.25, 0.3) is 5.69 Å². The lowest BCUT2D eigenvalue weighted by atomic mass is 10.2. The summed E-state index contributed by atoms with van der Waals surface area (Å²) in [7, 11) is 1.66. The Morgan fingerprint density at radius 3 is 2.35 bits per heavy atom. The van der Waals surface area contributed by atoms with E-state index in [1.165, 1.54) is 0 Å². The number of ether oxygens (including phenoxy) is 1. The SMILES string of the molecule is COc1ccc(-n2c(SCc3ccc(C#N)cc3)nnc2C(C)C)cc1. The van der Waals surface area contributed by atoms with E-state index in [1.54, 1.807) is 18.9 Å². The Balaban J connectivity index is 1.87. The van der Waals surface area contributed by atoms with Crippen LogP contribution in [0.5, 0.6) is 5.75 Å². The molecule has 3 aromatic rings. The van der Waals surface area contributed by atoms with Gasteiger partial charge in [0.1, 0.15) is 11.6 Å². The van der Waals surface area contributed by atoms with Crippen molar-refractivity contribution in [2.24, 2.45) is 0 Å². The van der Waals surface area contributed by atoms with Gasteiger partial charge in [-0.1, -0.05) is 37.7 Å². The van der Waals surface area contributed by atoms with Gasteiger partial charge in [-0.3, -0.25) is 4.57 Å². The van der Waals surface area contributed by atoms with Crippen molar-refractivity contribution in [2.75, 3.05) is 7.11 Å². The summed E-state index contributed by atoms with van der Waals surface area (Å²) in [4.78, 5) is 0. The summed E-state index contributed by atoms with van der Waals surface area (Å²) < 4.78 is 7.35. The fraction of sp³-hybridized carbons (Fsp3) is 0.250. The highest BCUT2D eigenvalue weighted by Crippen LogP contribution is 2.28. The third-order valence-electron chi connectivity index (χ3n) is 3.96. The van der Waals surface area contributed by atoms with Gasteiger partial charge in [-0.15, -0.1) is 10.2 Å². The van der Waals surface area contributed by atoms with Gasteiger partial charge in [0.15, 0.2) is 5.16 Å². The molecule has 6 heteroatoms. The molecule has 0 radical (unpaired) electrons. The maximum atomic E-state index is 8.91. The molecule has 0 saturated carbocycles. The molecule has 132 valence electrons. The topological polar surface area (TPSA) is 63.7 Å². The minimum absolute atomic E-state index is 0.258. The maximum absolute atomic E-state index is 8.91.